The number of hydrogen-bond acceptors (Lipinski definition) is 18. The second kappa shape index (κ2) is 58.0. The van der Waals surface area contributed by atoms with Crippen molar-refractivity contribution in [3.8, 4) is 0 Å². The highest BCUT2D eigenvalue weighted by Gasteiger charge is 2.53. The molecule has 3 saturated heterocycles. The largest absolute Gasteiger partial charge is 0.394 e. The van der Waals surface area contributed by atoms with Crippen molar-refractivity contribution in [1.29, 1.82) is 0 Å². The van der Waals surface area contributed by atoms with Gasteiger partial charge in [-0.15, -0.1) is 0 Å². The molecule has 1 amide bonds. The van der Waals surface area contributed by atoms with E-state index in [0.29, 0.717) is 6.42 Å². The van der Waals surface area contributed by atoms with Crippen molar-refractivity contribution < 1.29 is 89.4 Å². The van der Waals surface area contributed by atoms with Gasteiger partial charge in [-0.05, 0) is 57.8 Å². The molecule has 0 aromatic heterocycles. The van der Waals surface area contributed by atoms with Crippen molar-refractivity contribution in [3.63, 3.8) is 0 Å². The minimum absolute atomic E-state index is 0.243. The standard InChI is InChI=1S/C77H139NO18/c1-3-5-7-9-11-13-15-17-19-21-23-25-27-28-29-30-31-32-33-35-37-39-41-43-45-47-49-51-53-55-65(83)78-60(61(82)54-52-50-48-46-44-42-40-38-36-34-26-24-22-20-18-16-14-12-10-8-6-4-2)59-91-75-71(89)68(86)73(63(57-80)93-75)96-77-72(90)69(87)74(64(58-81)94-77)95-76-70(88)67(85)66(84)62(56-79)92-76/h5,7,11,13,17,19,23,25,52,54,60-64,66-77,79-82,84-90H,3-4,6,8-10,12,14-16,18,20-22,24,26-51,53,55-59H2,1-2H3,(H,78,83)/b7-5-,13-11-,19-17-,25-23-,54-52+. The number of amides is 1. The van der Waals surface area contributed by atoms with Crippen LogP contribution in [0.15, 0.2) is 60.8 Å². The molecule has 0 radical (unpaired) electrons. The summed E-state index contributed by atoms with van der Waals surface area (Å²) in [6.45, 7) is 1.66. The molecule has 19 nitrogen and oxygen atoms in total. The van der Waals surface area contributed by atoms with Crippen LogP contribution in [-0.4, -0.2) is 193 Å². The van der Waals surface area contributed by atoms with Gasteiger partial charge in [0.2, 0.25) is 5.91 Å². The summed E-state index contributed by atoms with van der Waals surface area (Å²) in [7, 11) is 0. The summed E-state index contributed by atoms with van der Waals surface area (Å²) < 4.78 is 34.4. The lowest BCUT2D eigenvalue weighted by molar-refractivity contribution is -0.379. The van der Waals surface area contributed by atoms with E-state index < -0.39 is 124 Å². The lowest BCUT2D eigenvalue weighted by Crippen LogP contribution is -2.66. The Morgan fingerprint density at radius 2 is 0.719 bits per heavy atom. The van der Waals surface area contributed by atoms with Crippen LogP contribution >= 0.6 is 0 Å². The number of carbonyl (C=O) groups is 1. The molecule has 3 heterocycles. The van der Waals surface area contributed by atoms with E-state index in [1.165, 1.54) is 193 Å². The first-order chi connectivity index (χ1) is 46.8. The van der Waals surface area contributed by atoms with E-state index in [1.54, 1.807) is 6.08 Å². The molecule has 0 bridgehead atoms. The third-order valence-electron chi connectivity index (χ3n) is 19.1. The summed E-state index contributed by atoms with van der Waals surface area (Å²) in [6, 6.07) is -0.976. The molecule has 3 aliphatic heterocycles. The molecule has 96 heavy (non-hydrogen) atoms. The smallest absolute Gasteiger partial charge is 0.220 e. The predicted octanol–water partition coefficient (Wildman–Crippen LogP) is 11.9. The minimum Gasteiger partial charge on any atom is -0.394 e. The van der Waals surface area contributed by atoms with Crippen molar-refractivity contribution in [2.45, 2.75) is 394 Å². The SMILES string of the molecule is CC/C=C\C/C=C\C/C=C\C/C=C\CCCCCCCCCCCCCCCCCCC(=O)NC(COC1OC(CO)C(OC2OC(CO)C(OC3OC(CO)C(O)C(O)C3O)C(O)C2O)C(O)C1O)C(O)/C=C/CCCCCCCCCCCCCCCCCCCCCC. The average Bonchev–Trinajstić information content (AvgIpc) is 0.787. The maximum absolute atomic E-state index is 13.5. The maximum atomic E-state index is 13.5. The fraction of sp³-hybridized carbons (Fsp3) is 0.857. The average molecular weight is 1370 g/mol. The van der Waals surface area contributed by atoms with Crippen LogP contribution in [0.4, 0.5) is 0 Å². The molecule has 17 atom stereocenters. The van der Waals surface area contributed by atoms with E-state index in [9.17, 15) is 61.0 Å². The topological polar surface area (TPSA) is 307 Å². The number of rotatable bonds is 60. The van der Waals surface area contributed by atoms with Crippen molar-refractivity contribution in [2.24, 2.45) is 0 Å². The zero-order valence-electron chi connectivity index (χ0n) is 59.6. The Bertz CT molecular complexity index is 1970. The highest BCUT2D eigenvalue weighted by Crippen LogP contribution is 2.33. The summed E-state index contributed by atoms with van der Waals surface area (Å²) >= 11 is 0. The molecule has 17 unspecified atom stereocenters. The summed E-state index contributed by atoms with van der Waals surface area (Å²) in [5.41, 5.74) is 0. The van der Waals surface area contributed by atoms with Crippen LogP contribution in [0.2, 0.25) is 0 Å². The van der Waals surface area contributed by atoms with Gasteiger partial charge in [0.25, 0.3) is 0 Å². The Morgan fingerprint density at radius 1 is 0.385 bits per heavy atom. The first-order valence-corrected chi connectivity index (χ1v) is 38.5. The third-order valence-corrected chi connectivity index (χ3v) is 19.1. The number of hydrogen-bond donors (Lipinski definition) is 12. The molecule has 3 aliphatic rings. The van der Waals surface area contributed by atoms with Gasteiger partial charge in [0.15, 0.2) is 18.9 Å². The van der Waals surface area contributed by atoms with Gasteiger partial charge in [-0.25, -0.2) is 0 Å². The molecule has 0 aliphatic carbocycles. The van der Waals surface area contributed by atoms with Crippen LogP contribution < -0.4 is 5.32 Å². The Hall–Kier alpha value is -2.51. The summed E-state index contributed by atoms with van der Waals surface area (Å²) in [6.07, 6.45) is 46.2. The van der Waals surface area contributed by atoms with Gasteiger partial charge in [0, 0.05) is 6.42 Å². The third kappa shape index (κ3) is 38.5. The van der Waals surface area contributed by atoms with Crippen LogP contribution in [-0.2, 0) is 33.2 Å². The minimum atomic E-state index is -1.98. The number of aliphatic hydroxyl groups is 11. The predicted molar refractivity (Wildman–Crippen MR) is 379 cm³/mol. The second-order valence-corrected chi connectivity index (χ2v) is 27.4. The van der Waals surface area contributed by atoms with Crippen LogP contribution in [0.3, 0.4) is 0 Å². The van der Waals surface area contributed by atoms with E-state index in [-0.39, 0.29) is 18.9 Å². The van der Waals surface area contributed by atoms with Gasteiger partial charge >= 0.3 is 0 Å². The Labute approximate surface area is 579 Å². The van der Waals surface area contributed by atoms with Crippen LogP contribution in [0.5, 0.6) is 0 Å². The fourth-order valence-corrected chi connectivity index (χ4v) is 12.9. The molecule has 0 aromatic carbocycles. The Kier molecular flexibility index (Phi) is 53.0. The molecule has 560 valence electrons. The van der Waals surface area contributed by atoms with Gasteiger partial charge in [-0.3, -0.25) is 4.79 Å². The Balaban J connectivity index is 1.39. The van der Waals surface area contributed by atoms with Crippen LogP contribution in [0.25, 0.3) is 0 Å². The van der Waals surface area contributed by atoms with E-state index in [1.807, 2.05) is 6.08 Å². The molecule has 3 rings (SSSR count). The number of ether oxygens (including phenoxy) is 6. The molecule has 0 aromatic rings. The van der Waals surface area contributed by atoms with E-state index in [0.717, 1.165) is 70.6 Å². The molecule has 12 N–H and O–H groups in total. The summed E-state index contributed by atoms with van der Waals surface area (Å²) in [5.74, 6) is -0.273. The highest BCUT2D eigenvalue weighted by atomic mass is 16.8. The second-order valence-electron chi connectivity index (χ2n) is 27.4. The lowest BCUT2D eigenvalue weighted by atomic mass is 9.96. The zero-order valence-corrected chi connectivity index (χ0v) is 59.6. The van der Waals surface area contributed by atoms with Crippen LogP contribution in [0, 0.1) is 0 Å². The highest BCUT2D eigenvalue weighted by molar-refractivity contribution is 5.76. The number of unbranched alkanes of at least 4 members (excludes halogenated alkanes) is 36. The Morgan fingerprint density at radius 3 is 1.12 bits per heavy atom. The van der Waals surface area contributed by atoms with E-state index in [4.69, 9.17) is 28.4 Å². The van der Waals surface area contributed by atoms with E-state index in [2.05, 4.69) is 67.8 Å². The molecular weight excluding hydrogens is 1230 g/mol. The van der Waals surface area contributed by atoms with Crippen LogP contribution in [0.1, 0.15) is 290 Å². The number of carbonyl (C=O) groups excluding carboxylic acids is 1. The normalized spacial score (nSPS) is 27.4. The van der Waals surface area contributed by atoms with Gasteiger partial charge in [-0.1, -0.05) is 286 Å². The maximum Gasteiger partial charge on any atom is 0.220 e. The van der Waals surface area contributed by atoms with E-state index >= 15 is 0 Å². The summed E-state index contributed by atoms with van der Waals surface area (Å²) in [5, 5.41) is 121. The fourth-order valence-electron chi connectivity index (χ4n) is 12.9. The lowest BCUT2D eigenvalue weighted by Gasteiger charge is -2.48. The van der Waals surface area contributed by atoms with Gasteiger partial charge in [0.05, 0.1) is 38.6 Å². The quantitative estimate of drug-likeness (QED) is 0.0199. The first kappa shape index (κ1) is 87.7. The molecule has 0 spiro atoms. The van der Waals surface area contributed by atoms with Crippen molar-refractivity contribution in [3.05, 3.63) is 60.8 Å². The number of allylic oxidation sites excluding steroid dienone is 9. The molecular formula is C77H139NO18. The van der Waals surface area contributed by atoms with Crippen molar-refractivity contribution >= 4 is 5.91 Å². The summed E-state index contributed by atoms with van der Waals surface area (Å²) in [4.78, 5) is 13.5. The molecule has 3 fully saturated rings. The molecule has 0 saturated carbocycles. The van der Waals surface area contributed by atoms with Gasteiger partial charge in [-0.2, -0.15) is 0 Å². The first-order valence-electron chi connectivity index (χ1n) is 38.5. The molecule has 19 heteroatoms. The number of aliphatic hydroxyl groups excluding tert-OH is 11. The van der Waals surface area contributed by atoms with Gasteiger partial charge in [0.1, 0.15) is 73.2 Å². The zero-order chi connectivity index (χ0) is 69.6. The van der Waals surface area contributed by atoms with Crippen molar-refractivity contribution in [1.82, 2.24) is 5.32 Å². The van der Waals surface area contributed by atoms with Gasteiger partial charge < -0.3 is 89.9 Å². The monoisotopic (exact) mass is 1370 g/mol. The number of nitrogens with one attached hydrogen (secondary N) is 1. The van der Waals surface area contributed by atoms with Crippen molar-refractivity contribution in [2.75, 3.05) is 26.4 Å².